The summed E-state index contributed by atoms with van der Waals surface area (Å²) in [6.45, 7) is 3.96. The van der Waals surface area contributed by atoms with E-state index in [9.17, 15) is 4.79 Å². The fraction of sp³-hybridized carbons (Fsp3) is 0.467. The van der Waals surface area contributed by atoms with Crippen LogP contribution in [-0.2, 0) is 4.79 Å². The first kappa shape index (κ1) is 16.5. The van der Waals surface area contributed by atoms with E-state index in [2.05, 4.69) is 12.2 Å². The first-order chi connectivity index (χ1) is 9.76. The number of hydrogen-bond acceptors (Lipinski definition) is 2. The molecular weight excluding hydrogens is 327 g/mol. The lowest BCUT2D eigenvalue weighted by molar-refractivity contribution is -0.133. The van der Waals surface area contributed by atoms with Crippen LogP contribution >= 0.6 is 35.4 Å². The van der Waals surface area contributed by atoms with Gasteiger partial charge in [0.05, 0.1) is 16.4 Å². The van der Waals surface area contributed by atoms with Crippen molar-refractivity contribution in [3.63, 3.8) is 0 Å². The van der Waals surface area contributed by atoms with Crippen molar-refractivity contribution in [3.8, 4) is 0 Å². The fourth-order valence-corrected chi connectivity index (χ4v) is 3.73. The minimum absolute atomic E-state index is 0.119. The number of benzene rings is 1. The molecule has 0 heterocycles. The number of carbonyl (C=O) groups is 1. The highest BCUT2D eigenvalue weighted by Crippen LogP contribution is 2.46. The molecule has 0 aliphatic heterocycles. The second kappa shape index (κ2) is 6.11. The maximum absolute atomic E-state index is 12.5. The minimum Gasteiger partial charge on any atom is -0.392 e. The normalized spacial score (nSPS) is 25.8. The molecule has 6 heteroatoms. The summed E-state index contributed by atoms with van der Waals surface area (Å²) in [6.07, 6.45) is 1.41. The van der Waals surface area contributed by atoms with E-state index in [0.717, 1.165) is 5.56 Å². The summed E-state index contributed by atoms with van der Waals surface area (Å²) in [6, 6.07) is 4.99. The van der Waals surface area contributed by atoms with Crippen molar-refractivity contribution in [2.24, 2.45) is 17.1 Å². The van der Waals surface area contributed by atoms with E-state index in [-0.39, 0.29) is 16.9 Å². The predicted molar refractivity (Wildman–Crippen MR) is 90.6 cm³/mol. The fourth-order valence-electron chi connectivity index (χ4n) is 2.89. The molecule has 1 aromatic rings. The summed E-state index contributed by atoms with van der Waals surface area (Å²) in [7, 11) is 0. The number of amides is 1. The highest BCUT2D eigenvalue weighted by atomic mass is 35.5. The van der Waals surface area contributed by atoms with Gasteiger partial charge in [0, 0.05) is 10.0 Å². The van der Waals surface area contributed by atoms with Crippen molar-refractivity contribution < 1.29 is 4.79 Å². The second-order valence-corrected chi connectivity index (χ2v) is 7.10. The van der Waals surface area contributed by atoms with Crippen LogP contribution in [0, 0.1) is 11.3 Å². The molecule has 0 spiro atoms. The molecule has 1 saturated carbocycles. The van der Waals surface area contributed by atoms with Crippen molar-refractivity contribution >= 4 is 46.3 Å². The maximum atomic E-state index is 12.5. The van der Waals surface area contributed by atoms with Crippen LogP contribution in [0.2, 0.25) is 10.0 Å². The molecule has 1 aromatic carbocycles. The van der Waals surface area contributed by atoms with Crippen LogP contribution < -0.4 is 11.1 Å². The van der Waals surface area contributed by atoms with E-state index in [0.29, 0.717) is 28.8 Å². The third-order valence-corrected chi connectivity index (χ3v) is 5.03. The SMILES string of the molecule is CC1CC(C(=O)NC(C)c2ccc(Cl)cc2Cl)(C(N)=S)C1. The van der Waals surface area contributed by atoms with Gasteiger partial charge in [-0.2, -0.15) is 0 Å². The zero-order chi connectivity index (χ0) is 15.8. The molecule has 21 heavy (non-hydrogen) atoms. The van der Waals surface area contributed by atoms with Crippen LogP contribution in [0.3, 0.4) is 0 Å². The molecule has 3 N–H and O–H groups in total. The molecule has 1 fully saturated rings. The van der Waals surface area contributed by atoms with Crippen LogP contribution in [0.15, 0.2) is 18.2 Å². The maximum Gasteiger partial charge on any atom is 0.233 e. The lowest BCUT2D eigenvalue weighted by atomic mass is 9.62. The van der Waals surface area contributed by atoms with Gasteiger partial charge >= 0.3 is 0 Å². The summed E-state index contributed by atoms with van der Waals surface area (Å²) in [4.78, 5) is 12.8. The molecule has 1 aliphatic rings. The number of nitrogens with two attached hydrogens (primary N) is 1. The summed E-state index contributed by atoms with van der Waals surface area (Å²) >= 11 is 17.1. The predicted octanol–water partition coefficient (Wildman–Crippen LogP) is 3.87. The Labute approximate surface area is 140 Å². The average Bonchev–Trinajstić information content (AvgIpc) is 2.33. The van der Waals surface area contributed by atoms with Crippen molar-refractivity contribution in [1.82, 2.24) is 5.32 Å². The van der Waals surface area contributed by atoms with E-state index in [4.69, 9.17) is 41.2 Å². The van der Waals surface area contributed by atoms with Gasteiger partial charge in [0.2, 0.25) is 5.91 Å². The number of carbonyl (C=O) groups excluding carboxylic acids is 1. The third kappa shape index (κ3) is 3.17. The molecule has 0 aromatic heterocycles. The van der Waals surface area contributed by atoms with Crippen LogP contribution in [-0.4, -0.2) is 10.9 Å². The van der Waals surface area contributed by atoms with Crippen molar-refractivity contribution in [1.29, 1.82) is 0 Å². The monoisotopic (exact) mass is 344 g/mol. The van der Waals surface area contributed by atoms with Crippen LogP contribution in [0.5, 0.6) is 0 Å². The lowest BCUT2D eigenvalue weighted by Crippen LogP contribution is -2.56. The van der Waals surface area contributed by atoms with Gasteiger partial charge in [-0.25, -0.2) is 0 Å². The molecule has 3 nitrogen and oxygen atoms in total. The van der Waals surface area contributed by atoms with Gasteiger partial charge in [-0.3, -0.25) is 4.79 Å². The smallest absolute Gasteiger partial charge is 0.233 e. The number of rotatable bonds is 4. The summed E-state index contributed by atoms with van der Waals surface area (Å²) < 4.78 is 0. The van der Waals surface area contributed by atoms with Crippen molar-refractivity contribution in [2.45, 2.75) is 32.7 Å². The van der Waals surface area contributed by atoms with E-state index >= 15 is 0 Å². The molecular formula is C15H18Cl2N2OS. The quantitative estimate of drug-likeness (QED) is 0.815. The number of hydrogen-bond donors (Lipinski definition) is 2. The van der Waals surface area contributed by atoms with E-state index in [1.165, 1.54) is 0 Å². The van der Waals surface area contributed by atoms with Gasteiger partial charge in [0.25, 0.3) is 0 Å². The van der Waals surface area contributed by atoms with Crippen molar-refractivity contribution in [3.05, 3.63) is 33.8 Å². The topological polar surface area (TPSA) is 55.1 Å². The van der Waals surface area contributed by atoms with Gasteiger partial charge in [-0.15, -0.1) is 0 Å². The first-order valence-corrected chi connectivity index (χ1v) is 7.98. The Kier molecular flexibility index (Phi) is 4.81. The molecule has 0 bridgehead atoms. The van der Waals surface area contributed by atoms with Gasteiger partial charge < -0.3 is 11.1 Å². The summed E-state index contributed by atoms with van der Waals surface area (Å²) in [5, 5.41) is 4.06. The summed E-state index contributed by atoms with van der Waals surface area (Å²) in [5.41, 5.74) is 5.90. The number of nitrogens with one attached hydrogen (secondary N) is 1. The molecule has 0 saturated heterocycles. The van der Waals surface area contributed by atoms with Crippen LogP contribution in [0.25, 0.3) is 0 Å². The molecule has 0 radical (unpaired) electrons. The lowest BCUT2D eigenvalue weighted by Gasteiger charge is -2.44. The second-order valence-electron chi connectivity index (χ2n) is 5.82. The number of halogens is 2. The molecule has 1 unspecified atom stereocenters. The number of thiocarbonyl (C=S) groups is 1. The Morgan fingerprint density at radius 3 is 2.57 bits per heavy atom. The zero-order valence-corrected chi connectivity index (χ0v) is 14.3. The molecule has 1 amide bonds. The van der Waals surface area contributed by atoms with Gasteiger partial charge in [0.1, 0.15) is 0 Å². The standard InChI is InChI=1S/C15H18Cl2N2OS/c1-8-6-15(7-8,13(18)21)14(20)19-9(2)11-4-3-10(16)5-12(11)17/h3-5,8-9H,6-7H2,1-2H3,(H2,18,21)(H,19,20). The van der Waals surface area contributed by atoms with Gasteiger partial charge in [0.15, 0.2) is 0 Å². The van der Waals surface area contributed by atoms with E-state index in [1.54, 1.807) is 12.1 Å². The average molecular weight is 345 g/mol. The molecule has 1 atom stereocenters. The minimum atomic E-state index is -0.706. The third-order valence-electron chi connectivity index (χ3n) is 4.08. The Balaban J connectivity index is 2.13. The largest absolute Gasteiger partial charge is 0.392 e. The van der Waals surface area contributed by atoms with E-state index < -0.39 is 5.41 Å². The molecule has 114 valence electrons. The first-order valence-electron chi connectivity index (χ1n) is 6.82. The van der Waals surface area contributed by atoms with Crippen LogP contribution in [0.1, 0.15) is 38.3 Å². The van der Waals surface area contributed by atoms with Crippen molar-refractivity contribution in [2.75, 3.05) is 0 Å². The Morgan fingerprint density at radius 2 is 2.10 bits per heavy atom. The van der Waals surface area contributed by atoms with E-state index in [1.807, 2.05) is 13.0 Å². The summed E-state index contributed by atoms with van der Waals surface area (Å²) in [5.74, 6) is 0.346. The highest BCUT2D eigenvalue weighted by Gasteiger charge is 2.51. The van der Waals surface area contributed by atoms with Gasteiger partial charge in [-0.05, 0) is 43.4 Å². The Bertz CT molecular complexity index is 585. The highest BCUT2D eigenvalue weighted by molar-refractivity contribution is 7.80. The molecule has 2 rings (SSSR count). The van der Waals surface area contributed by atoms with Crippen LogP contribution in [0.4, 0.5) is 0 Å². The Morgan fingerprint density at radius 1 is 1.48 bits per heavy atom. The van der Waals surface area contributed by atoms with Gasteiger partial charge in [-0.1, -0.05) is 48.4 Å². The zero-order valence-electron chi connectivity index (χ0n) is 12.0. The Hall–Kier alpha value is -0.840. The molecule has 1 aliphatic carbocycles.